The van der Waals surface area contributed by atoms with Gasteiger partial charge in [-0.15, -0.1) is 21.5 Å². The van der Waals surface area contributed by atoms with Crippen LogP contribution in [0.1, 0.15) is 10.7 Å². The van der Waals surface area contributed by atoms with Crippen LogP contribution < -0.4 is 5.32 Å². The fourth-order valence-electron chi connectivity index (χ4n) is 1.95. The van der Waals surface area contributed by atoms with Crippen LogP contribution in [0.2, 0.25) is 0 Å². The van der Waals surface area contributed by atoms with Crippen LogP contribution in [-0.2, 0) is 13.0 Å². The molecule has 104 valence electrons. The van der Waals surface area contributed by atoms with Crippen LogP contribution in [0, 0.1) is 0 Å². The number of thiophene rings is 1. The lowest BCUT2D eigenvalue weighted by atomic mass is 10.3. The maximum atomic E-state index is 4.22. The number of fused-ring (bicyclic) bond motifs is 1. The van der Waals surface area contributed by atoms with Gasteiger partial charge in [0.15, 0.2) is 5.65 Å². The maximum absolute atomic E-state index is 4.22. The Morgan fingerprint density at radius 1 is 1.25 bits per heavy atom. The number of rotatable bonds is 5. The molecule has 0 aliphatic carbocycles. The summed E-state index contributed by atoms with van der Waals surface area (Å²) in [5.41, 5.74) is 0.897. The second kappa shape index (κ2) is 6.34. The van der Waals surface area contributed by atoms with Crippen molar-refractivity contribution in [3.63, 3.8) is 0 Å². The highest BCUT2D eigenvalue weighted by atomic mass is 79.9. The first kappa shape index (κ1) is 14.2. The minimum absolute atomic E-state index is 0.860. The number of hydrogen-bond acceptors (Lipinski definition) is 4. The Morgan fingerprint density at radius 2 is 2.15 bits per heavy atom. The zero-order valence-corrected chi connectivity index (χ0v) is 14.5. The van der Waals surface area contributed by atoms with E-state index in [0.717, 1.165) is 39.2 Å². The number of nitrogens with zero attached hydrogens (tertiary/aromatic N) is 3. The van der Waals surface area contributed by atoms with Gasteiger partial charge in [-0.3, -0.25) is 4.40 Å². The Morgan fingerprint density at radius 3 is 2.95 bits per heavy atom. The summed E-state index contributed by atoms with van der Waals surface area (Å²) in [7, 11) is 0. The fourth-order valence-corrected chi connectivity index (χ4v) is 4.10. The van der Waals surface area contributed by atoms with Gasteiger partial charge in [-0.1, -0.05) is 6.07 Å². The van der Waals surface area contributed by atoms with Gasteiger partial charge in [0.2, 0.25) is 0 Å². The van der Waals surface area contributed by atoms with Crippen molar-refractivity contribution in [2.24, 2.45) is 0 Å². The van der Waals surface area contributed by atoms with Crippen molar-refractivity contribution in [2.45, 2.75) is 13.0 Å². The molecule has 0 amide bonds. The smallest absolute Gasteiger partial charge is 0.160 e. The highest BCUT2D eigenvalue weighted by molar-refractivity contribution is 9.13. The lowest BCUT2D eigenvalue weighted by Crippen LogP contribution is -2.17. The van der Waals surface area contributed by atoms with Crippen molar-refractivity contribution in [1.82, 2.24) is 19.9 Å². The average Bonchev–Trinajstić information content (AvgIpc) is 3.00. The van der Waals surface area contributed by atoms with Gasteiger partial charge in [0.05, 0.1) is 3.79 Å². The molecule has 0 aliphatic rings. The molecule has 0 saturated heterocycles. The van der Waals surface area contributed by atoms with Crippen LogP contribution in [0.4, 0.5) is 0 Å². The van der Waals surface area contributed by atoms with Gasteiger partial charge in [-0.05, 0) is 50.1 Å². The molecule has 4 nitrogen and oxygen atoms in total. The van der Waals surface area contributed by atoms with E-state index in [-0.39, 0.29) is 0 Å². The van der Waals surface area contributed by atoms with Crippen molar-refractivity contribution in [1.29, 1.82) is 0 Å². The van der Waals surface area contributed by atoms with Crippen LogP contribution in [0.3, 0.4) is 0 Å². The minimum atomic E-state index is 0.860. The van der Waals surface area contributed by atoms with E-state index in [1.54, 1.807) is 11.3 Å². The van der Waals surface area contributed by atoms with Gasteiger partial charge in [-0.2, -0.15) is 0 Å². The van der Waals surface area contributed by atoms with Gasteiger partial charge in [0.1, 0.15) is 5.82 Å². The summed E-state index contributed by atoms with van der Waals surface area (Å²) in [6.45, 7) is 1.74. The van der Waals surface area contributed by atoms with Crippen molar-refractivity contribution in [2.75, 3.05) is 6.54 Å². The summed E-state index contributed by atoms with van der Waals surface area (Å²) < 4.78 is 4.28. The molecule has 0 unspecified atom stereocenters. The Bertz CT molecular complexity index is 703. The highest BCUT2D eigenvalue weighted by Crippen LogP contribution is 2.32. The Balaban J connectivity index is 1.55. The summed E-state index contributed by atoms with van der Waals surface area (Å²) in [5, 5.41) is 11.8. The number of hydrogen-bond donors (Lipinski definition) is 1. The topological polar surface area (TPSA) is 42.2 Å². The second-order valence-electron chi connectivity index (χ2n) is 4.31. The van der Waals surface area contributed by atoms with Gasteiger partial charge >= 0.3 is 0 Å². The summed E-state index contributed by atoms with van der Waals surface area (Å²) in [4.78, 5) is 1.30. The third kappa shape index (κ3) is 3.11. The molecule has 3 aromatic heterocycles. The van der Waals surface area contributed by atoms with Gasteiger partial charge in [-0.25, -0.2) is 0 Å². The molecular weight excluding hydrogens is 404 g/mol. The molecule has 0 atom stereocenters. The molecule has 3 rings (SSSR count). The third-order valence-corrected chi connectivity index (χ3v) is 6.16. The molecular formula is C13H12Br2N4S. The second-order valence-corrected chi connectivity index (χ2v) is 7.62. The van der Waals surface area contributed by atoms with Crippen molar-refractivity contribution in [3.05, 3.63) is 49.4 Å². The largest absolute Gasteiger partial charge is 0.311 e. The van der Waals surface area contributed by atoms with Crippen LogP contribution in [0.5, 0.6) is 0 Å². The number of pyridine rings is 1. The molecule has 0 aromatic carbocycles. The standard InChI is InChI=1S/C13H12Br2N4S/c14-10-7-9(20-13(10)15)8-16-5-4-12-18-17-11-3-1-2-6-19(11)12/h1-3,6-7,16H,4-5,8H2. The normalized spacial score (nSPS) is 11.3. The predicted octanol–water partition coefficient (Wildman–Crippen LogP) is 3.65. The Hall–Kier alpha value is -0.760. The van der Waals surface area contributed by atoms with E-state index >= 15 is 0 Å². The van der Waals surface area contributed by atoms with E-state index in [1.165, 1.54) is 4.88 Å². The van der Waals surface area contributed by atoms with E-state index in [0.29, 0.717) is 0 Å². The monoisotopic (exact) mass is 414 g/mol. The number of halogens is 2. The first-order valence-corrected chi connectivity index (χ1v) is 8.57. The Labute approximate surface area is 137 Å². The average molecular weight is 416 g/mol. The van der Waals surface area contributed by atoms with Gasteiger partial charge < -0.3 is 5.32 Å². The Kier molecular flexibility index (Phi) is 4.50. The molecule has 0 aliphatic heterocycles. The molecule has 0 saturated carbocycles. The quantitative estimate of drug-likeness (QED) is 0.646. The zero-order chi connectivity index (χ0) is 13.9. The highest BCUT2D eigenvalue weighted by Gasteiger charge is 2.05. The summed E-state index contributed by atoms with van der Waals surface area (Å²) in [5.74, 6) is 0.988. The molecule has 7 heteroatoms. The van der Waals surface area contributed by atoms with Crippen LogP contribution in [0.15, 0.2) is 38.7 Å². The molecule has 3 heterocycles. The third-order valence-electron chi connectivity index (χ3n) is 2.91. The van der Waals surface area contributed by atoms with E-state index < -0.39 is 0 Å². The lowest BCUT2D eigenvalue weighted by Gasteiger charge is -2.02. The first-order valence-electron chi connectivity index (χ1n) is 6.17. The van der Waals surface area contributed by atoms with E-state index in [1.807, 2.05) is 28.8 Å². The van der Waals surface area contributed by atoms with E-state index in [4.69, 9.17) is 0 Å². The summed E-state index contributed by atoms with van der Waals surface area (Å²) in [6.07, 6.45) is 2.86. The summed E-state index contributed by atoms with van der Waals surface area (Å²) in [6, 6.07) is 8.06. The number of nitrogens with one attached hydrogen (secondary N) is 1. The zero-order valence-electron chi connectivity index (χ0n) is 10.5. The summed E-state index contributed by atoms with van der Waals surface area (Å²) >= 11 is 8.74. The minimum Gasteiger partial charge on any atom is -0.311 e. The predicted molar refractivity (Wildman–Crippen MR) is 88.1 cm³/mol. The number of aromatic nitrogens is 3. The van der Waals surface area contributed by atoms with E-state index in [2.05, 4.69) is 53.4 Å². The van der Waals surface area contributed by atoms with Crippen molar-refractivity contribution < 1.29 is 0 Å². The van der Waals surface area contributed by atoms with Gasteiger partial charge in [0.25, 0.3) is 0 Å². The van der Waals surface area contributed by atoms with Crippen LogP contribution in [-0.4, -0.2) is 21.1 Å². The SMILES string of the molecule is Brc1cc(CNCCc2nnc3ccccn23)sc1Br. The maximum Gasteiger partial charge on any atom is 0.160 e. The molecule has 0 bridgehead atoms. The molecule has 0 fully saturated rings. The van der Waals surface area contributed by atoms with Crippen molar-refractivity contribution >= 4 is 48.8 Å². The van der Waals surface area contributed by atoms with Crippen molar-refractivity contribution in [3.8, 4) is 0 Å². The molecule has 3 aromatic rings. The fraction of sp³-hybridized carbons (Fsp3) is 0.231. The molecule has 1 N–H and O–H groups in total. The van der Waals surface area contributed by atoms with E-state index in [9.17, 15) is 0 Å². The van der Waals surface area contributed by atoms with Crippen LogP contribution >= 0.6 is 43.2 Å². The molecule has 20 heavy (non-hydrogen) atoms. The van der Waals surface area contributed by atoms with Gasteiger partial charge in [0, 0.05) is 35.1 Å². The lowest BCUT2D eigenvalue weighted by molar-refractivity contribution is 0.672. The first-order chi connectivity index (χ1) is 9.74. The van der Waals surface area contributed by atoms with Crippen LogP contribution in [0.25, 0.3) is 5.65 Å². The molecule has 0 radical (unpaired) electrons. The molecule has 0 spiro atoms.